The zero-order chi connectivity index (χ0) is 16.9. The highest BCUT2D eigenvalue weighted by Crippen LogP contribution is 2.23. The highest BCUT2D eigenvalue weighted by atomic mass is 16.5. The summed E-state index contributed by atoms with van der Waals surface area (Å²) in [6.45, 7) is 0. The van der Waals surface area contributed by atoms with Gasteiger partial charge in [0.2, 0.25) is 17.7 Å². The molecule has 1 aromatic heterocycles. The molecule has 0 saturated heterocycles. The first-order valence-corrected chi connectivity index (χ1v) is 7.22. The van der Waals surface area contributed by atoms with Crippen LogP contribution in [0.15, 0.2) is 48.5 Å². The molecule has 1 heterocycles. The van der Waals surface area contributed by atoms with Crippen molar-refractivity contribution in [3.8, 4) is 11.8 Å². The van der Waals surface area contributed by atoms with Gasteiger partial charge in [-0.05, 0) is 11.5 Å². The summed E-state index contributed by atoms with van der Waals surface area (Å²) >= 11 is 0. The number of carbonyl (C=O) groups is 1. The van der Waals surface area contributed by atoms with E-state index in [1.165, 1.54) is 20.3 Å². The van der Waals surface area contributed by atoms with Crippen molar-refractivity contribution in [2.75, 3.05) is 24.9 Å². The molecule has 7 heteroatoms. The van der Waals surface area contributed by atoms with E-state index in [1.54, 1.807) is 0 Å². The van der Waals surface area contributed by atoms with E-state index in [4.69, 9.17) is 9.47 Å². The Kier molecular flexibility index (Phi) is 4.42. The van der Waals surface area contributed by atoms with Crippen LogP contribution >= 0.6 is 0 Å². The van der Waals surface area contributed by atoms with E-state index >= 15 is 0 Å². The van der Waals surface area contributed by atoms with Gasteiger partial charge in [0.1, 0.15) is 0 Å². The lowest BCUT2D eigenvalue weighted by atomic mass is 10.1. The molecular weight excluding hydrogens is 308 g/mol. The van der Waals surface area contributed by atoms with E-state index in [0.717, 1.165) is 10.8 Å². The van der Waals surface area contributed by atoms with Crippen molar-refractivity contribution in [2.24, 2.45) is 0 Å². The number of ether oxygens (including phenoxy) is 2. The molecule has 2 N–H and O–H groups in total. The highest BCUT2D eigenvalue weighted by molar-refractivity contribution is 6.05. The Hall–Kier alpha value is -3.35. The van der Waals surface area contributed by atoms with Gasteiger partial charge in [0.15, 0.2) is 0 Å². The Morgan fingerprint density at radius 2 is 1.58 bits per heavy atom. The predicted molar refractivity (Wildman–Crippen MR) is 91.7 cm³/mol. The van der Waals surface area contributed by atoms with Gasteiger partial charge >= 0.3 is 6.03 Å². The molecule has 0 spiro atoms. The number of anilines is 2. The van der Waals surface area contributed by atoms with Crippen LogP contribution in [-0.4, -0.2) is 30.2 Å². The van der Waals surface area contributed by atoms with Crippen LogP contribution in [0.2, 0.25) is 0 Å². The van der Waals surface area contributed by atoms with Crippen LogP contribution in [0.3, 0.4) is 0 Å². The summed E-state index contributed by atoms with van der Waals surface area (Å²) in [4.78, 5) is 20.4. The van der Waals surface area contributed by atoms with E-state index in [2.05, 4.69) is 20.6 Å². The molecule has 0 unspecified atom stereocenters. The summed E-state index contributed by atoms with van der Waals surface area (Å²) in [5.41, 5.74) is 0.695. The summed E-state index contributed by atoms with van der Waals surface area (Å²) in [5.74, 6) is 0.675. The number of rotatable bonds is 4. The van der Waals surface area contributed by atoms with Crippen molar-refractivity contribution in [1.29, 1.82) is 0 Å². The molecule has 2 aromatic carbocycles. The molecule has 0 radical (unpaired) electrons. The number of hydrogen-bond donors (Lipinski definition) is 2. The Balaban J connectivity index is 1.80. The minimum atomic E-state index is -0.457. The molecule has 122 valence electrons. The molecule has 2 amide bonds. The van der Waals surface area contributed by atoms with E-state index < -0.39 is 6.03 Å². The molecule has 3 rings (SSSR count). The zero-order valence-corrected chi connectivity index (χ0v) is 13.2. The molecule has 0 aliphatic heterocycles. The normalized spacial score (nSPS) is 10.2. The van der Waals surface area contributed by atoms with Crippen LogP contribution in [0, 0.1) is 0 Å². The Morgan fingerprint density at radius 3 is 2.29 bits per heavy atom. The minimum Gasteiger partial charge on any atom is -0.481 e. The number of aromatic nitrogens is 2. The van der Waals surface area contributed by atoms with Crippen LogP contribution in [0.25, 0.3) is 10.8 Å². The summed E-state index contributed by atoms with van der Waals surface area (Å²) < 4.78 is 10.1. The average molecular weight is 324 g/mol. The first kappa shape index (κ1) is 15.5. The number of nitrogens with zero attached hydrogens (tertiary/aromatic N) is 2. The summed E-state index contributed by atoms with van der Waals surface area (Å²) in [5, 5.41) is 7.35. The second-order valence-corrected chi connectivity index (χ2v) is 4.88. The molecule has 24 heavy (non-hydrogen) atoms. The molecule has 7 nitrogen and oxygen atoms in total. The number of benzene rings is 2. The number of urea groups is 1. The number of carbonyl (C=O) groups excluding carboxylic acids is 1. The SMILES string of the molecule is COc1cc(OC)nc(NC(=O)Nc2cccc3ccccc23)n1. The van der Waals surface area contributed by atoms with Gasteiger partial charge in [-0.1, -0.05) is 36.4 Å². The Morgan fingerprint density at radius 1 is 0.917 bits per heavy atom. The van der Waals surface area contributed by atoms with Gasteiger partial charge in [0.25, 0.3) is 0 Å². The first-order valence-electron chi connectivity index (χ1n) is 7.22. The van der Waals surface area contributed by atoms with Crippen molar-refractivity contribution in [2.45, 2.75) is 0 Å². The smallest absolute Gasteiger partial charge is 0.326 e. The summed E-state index contributed by atoms with van der Waals surface area (Å²) in [6.07, 6.45) is 0. The second-order valence-electron chi connectivity index (χ2n) is 4.88. The van der Waals surface area contributed by atoms with Crippen molar-refractivity contribution in [3.05, 3.63) is 48.5 Å². The fourth-order valence-corrected chi connectivity index (χ4v) is 2.26. The summed E-state index contributed by atoms with van der Waals surface area (Å²) in [7, 11) is 2.95. The van der Waals surface area contributed by atoms with Crippen molar-refractivity contribution >= 4 is 28.4 Å². The van der Waals surface area contributed by atoms with E-state index in [0.29, 0.717) is 17.4 Å². The molecule has 0 aliphatic rings. The van der Waals surface area contributed by atoms with Gasteiger partial charge in [-0.2, -0.15) is 9.97 Å². The lowest BCUT2D eigenvalue weighted by Crippen LogP contribution is -2.21. The molecule has 3 aromatic rings. The van der Waals surface area contributed by atoms with Crippen LogP contribution in [0.1, 0.15) is 0 Å². The Bertz CT molecular complexity index is 855. The number of fused-ring (bicyclic) bond motifs is 1. The third-order valence-electron chi connectivity index (χ3n) is 3.36. The second kappa shape index (κ2) is 6.82. The van der Waals surface area contributed by atoms with Gasteiger partial charge in [0.05, 0.1) is 26.0 Å². The quantitative estimate of drug-likeness (QED) is 0.769. The topological polar surface area (TPSA) is 85.4 Å². The summed E-state index contributed by atoms with van der Waals surface area (Å²) in [6, 6.07) is 14.5. The van der Waals surface area contributed by atoms with Crippen LogP contribution in [0.5, 0.6) is 11.8 Å². The molecule has 0 aliphatic carbocycles. The minimum absolute atomic E-state index is 0.0870. The van der Waals surface area contributed by atoms with Gasteiger partial charge in [-0.15, -0.1) is 0 Å². The molecule has 0 fully saturated rings. The fraction of sp³-hybridized carbons (Fsp3) is 0.118. The monoisotopic (exact) mass is 324 g/mol. The van der Waals surface area contributed by atoms with Gasteiger partial charge in [0, 0.05) is 5.39 Å². The average Bonchev–Trinajstić information content (AvgIpc) is 2.61. The maximum absolute atomic E-state index is 12.2. The first-order chi connectivity index (χ1) is 11.7. The Labute approximate surface area is 138 Å². The van der Waals surface area contributed by atoms with Crippen LogP contribution in [-0.2, 0) is 0 Å². The lowest BCUT2D eigenvalue weighted by Gasteiger charge is -2.10. The van der Waals surface area contributed by atoms with Gasteiger partial charge in [-0.3, -0.25) is 5.32 Å². The van der Waals surface area contributed by atoms with Gasteiger partial charge in [-0.25, -0.2) is 4.79 Å². The maximum atomic E-state index is 12.2. The highest BCUT2D eigenvalue weighted by Gasteiger charge is 2.10. The third-order valence-corrected chi connectivity index (χ3v) is 3.36. The number of methoxy groups -OCH3 is 2. The lowest BCUT2D eigenvalue weighted by molar-refractivity contribution is 0.262. The number of nitrogens with one attached hydrogen (secondary N) is 2. The van der Waals surface area contributed by atoms with E-state index in [1.807, 2.05) is 42.5 Å². The third kappa shape index (κ3) is 3.35. The molecule has 0 atom stereocenters. The van der Waals surface area contributed by atoms with Crippen molar-refractivity contribution < 1.29 is 14.3 Å². The predicted octanol–water partition coefficient (Wildman–Crippen LogP) is 3.29. The largest absolute Gasteiger partial charge is 0.481 e. The van der Waals surface area contributed by atoms with Crippen molar-refractivity contribution in [3.63, 3.8) is 0 Å². The standard InChI is InChI=1S/C17H16N4O3/c1-23-14-10-15(24-2)20-16(19-14)21-17(22)18-13-9-5-7-11-6-3-4-8-12(11)13/h3-10H,1-2H3,(H2,18,19,20,21,22). The van der Waals surface area contributed by atoms with E-state index in [9.17, 15) is 4.79 Å². The molecule has 0 bridgehead atoms. The van der Waals surface area contributed by atoms with E-state index in [-0.39, 0.29) is 5.95 Å². The molecular formula is C17H16N4O3. The maximum Gasteiger partial charge on any atom is 0.326 e. The number of amides is 2. The number of hydrogen-bond acceptors (Lipinski definition) is 5. The van der Waals surface area contributed by atoms with Crippen LogP contribution < -0.4 is 20.1 Å². The fourth-order valence-electron chi connectivity index (χ4n) is 2.26. The zero-order valence-electron chi connectivity index (χ0n) is 13.2. The van der Waals surface area contributed by atoms with Crippen molar-refractivity contribution in [1.82, 2.24) is 9.97 Å². The van der Waals surface area contributed by atoms with Gasteiger partial charge < -0.3 is 14.8 Å². The molecule has 0 saturated carbocycles. The van der Waals surface area contributed by atoms with Crippen LogP contribution in [0.4, 0.5) is 16.4 Å².